The standard InChI is InChI=1S/C7H10N8S/c1-4-5(11-8)9-3-10-6(4)16-7-12-13-14-15(7)2/h3H,8H2,1-2H3,(H,9,10,11). The van der Waals surface area contributed by atoms with Gasteiger partial charge in [0.2, 0.25) is 5.16 Å². The van der Waals surface area contributed by atoms with Gasteiger partial charge in [0, 0.05) is 12.6 Å². The monoisotopic (exact) mass is 238 g/mol. The van der Waals surface area contributed by atoms with Crippen LogP contribution in [0.25, 0.3) is 0 Å². The fraction of sp³-hybridized carbons (Fsp3) is 0.286. The zero-order valence-corrected chi connectivity index (χ0v) is 9.56. The molecule has 8 nitrogen and oxygen atoms in total. The van der Waals surface area contributed by atoms with Crippen LogP contribution in [0.3, 0.4) is 0 Å². The molecule has 0 amide bonds. The number of aryl methyl sites for hydroxylation is 1. The van der Waals surface area contributed by atoms with Crippen molar-refractivity contribution in [1.29, 1.82) is 0 Å². The van der Waals surface area contributed by atoms with E-state index in [2.05, 4.69) is 30.9 Å². The highest BCUT2D eigenvalue weighted by Crippen LogP contribution is 2.27. The third kappa shape index (κ3) is 1.95. The molecule has 0 unspecified atom stereocenters. The summed E-state index contributed by atoms with van der Waals surface area (Å²) in [5.41, 5.74) is 3.37. The summed E-state index contributed by atoms with van der Waals surface area (Å²) < 4.78 is 1.57. The van der Waals surface area contributed by atoms with Gasteiger partial charge in [-0.25, -0.2) is 20.5 Å². The fourth-order valence-corrected chi connectivity index (χ4v) is 1.85. The Morgan fingerprint density at radius 1 is 1.44 bits per heavy atom. The minimum absolute atomic E-state index is 0.590. The second-order valence-corrected chi connectivity index (χ2v) is 3.94. The summed E-state index contributed by atoms with van der Waals surface area (Å²) in [6.07, 6.45) is 1.44. The lowest BCUT2D eigenvalue weighted by molar-refractivity contribution is 0.664. The Labute approximate surface area is 95.6 Å². The molecular formula is C7H10N8S. The van der Waals surface area contributed by atoms with Crippen molar-refractivity contribution in [1.82, 2.24) is 30.2 Å². The average Bonchev–Trinajstić information content (AvgIpc) is 2.68. The second-order valence-electron chi connectivity index (χ2n) is 2.98. The van der Waals surface area contributed by atoms with Crippen LogP contribution in [0.5, 0.6) is 0 Å². The number of hydrogen-bond acceptors (Lipinski definition) is 8. The predicted octanol–water partition coefficient (Wildman–Crippen LogP) is -0.255. The normalized spacial score (nSPS) is 10.4. The summed E-state index contributed by atoms with van der Waals surface area (Å²) in [6.45, 7) is 1.88. The smallest absolute Gasteiger partial charge is 0.215 e. The summed E-state index contributed by atoms with van der Waals surface area (Å²) >= 11 is 1.36. The SMILES string of the molecule is Cc1c(NN)ncnc1Sc1nnnn1C. The third-order valence-electron chi connectivity index (χ3n) is 1.94. The molecule has 2 heterocycles. The molecule has 0 saturated heterocycles. The van der Waals surface area contributed by atoms with Gasteiger partial charge in [-0.05, 0) is 29.1 Å². The van der Waals surface area contributed by atoms with Crippen LogP contribution < -0.4 is 11.3 Å². The molecule has 2 aromatic heterocycles. The highest BCUT2D eigenvalue weighted by Gasteiger charge is 2.11. The number of aromatic nitrogens is 6. The minimum atomic E-state index is 0.590. The van der Waals surface area contributed by atoms with E-state index in [0.717, 1.165) is 10.6 Å². The van der Waals surface area contributed by atoms with E-state index in [9.17, 15) is 0 Å². The maximum atomic E-state index is 5.33. The van der Waals surface area contributed by atoms with Crippen LogP contribution in [0.15, 0.2) is 16.5 Å². The first-order chi connectivity index (χ1) is 7.72. The molecule has 0 aliphatic heterocycles. The number of hydrazine groups is 1. The van der Waals surface area contributed by atoms with E-state index in [1.807, 2.05) is 6.92 Å². The van der Waals surface area contributed by atoms with E-state index in [1.54, 1.807) is 11.7 Å². The van der Waals surface area contributed by atoms with Gasteiger partial charge in [0.25, 0.3) is 0 Å². The van der Waals surface area contributed by atoms with Gasteiger partial charge in [-0.1, -0.05) is 0 Å². The maximum absolute atomic E-state index is 5.33. The van der Waals surface area contributed by atoms with Crippen molar-refractivity contribution < 1.29 is 0 Å². The lowest BCUT2D eigenvalue weighted by Crippen LogP contribution is -2.11. The number of tetrazole rings is 1. The molecule has 3 N–H and O–H groups in total. The molecule has 0 bridgehead atoms. The van der Waals surface area contributed by atoms with Gasteiger partial charge in [-0.15, -0.1) is 5.10 Å². The number of anilines is 1. The van der Waals surface area contributed by atoms with Gasteiger partial charge in [0.1, 0.15) is 17.2 Å². The fourth-order valence-electron chi connectivity index (χ4n) is 1.08. The molecular weight excluding hydrogens is 228 g/mol. The molecule has 0 aliphatic carbocycles. The first-order valence-corrected chi connectivity index (χ1v) is 5.22. The van der Waals surface area contributed by atoms with E-state index in [0.29, 0.717) is 11.0 Å². The molecule has 9 heteroatoms. The highest BCUT2D eigenvalue weighted by molar-refractivity contribution is 7.99. The van der Waals surface area contributed by atoms with Crippen molar-refractivity contribution in [3.8, 4) is 0 Å². The van der Waals surface area contributed by atoms with E-state index in [1.165, 1.54) is 18.1 Å². The molecule has 0 aromatic carbocycles. The van der Waals surface area contributed by atoms with Crippen LogP contribution in [-0.2, 0) is 7.05 Å². The van der Waals surface area contributed by atoms with Crippen molar-refractivity contribution in [3.05, 3.63) is 11.9 Å². The number of rotatable bonds is 3. The summed E-state index contributed by atoms with van der Waals surface area (Å²) in [5, 5.41) is 12.6. The van der Waals surface area contributed by atoms with E-state index in [4.69, 9.17) is 5.84 Å². The number of nitrogens with zero attached hydrogens (tertiary/aromatic N) is 6. The Morgan fingerprint density at radius 2 is 2.25 bits per heavy atom. The third-order valence-corrected chi connectivity index (χ3v) is 3.08. The molecule has 0 atom stereocenters. The quantitative estimate of drug-likeness (QED) is 0.428. The first-order valence-electron chi connectivity index (χ1n) is 4.40. The molecule has 84 valence electrons. The summed E-state index contributed by atoms with van der Waals surface area (Å²) in [6, 6.07) is 0. The summed E-state index contributed by atoms with van der Waals surface area (Å²) in [5.74, 6) is 5.92. The van der Waals surface area contributed by atoms with E-state index < -0.39 is 0 Å². The highest BCUT2D eigenvalue weighted by atomic mass is 32.2. The largest absolute Gasteiger partial charge is 0.308 e. The molecule has 2 aromatic rings. The molecule has 0 fully saturated rings. The lowest BCUT2D eigenvalue weighted by atomic mass is 10.3. The van der Waals surface area contributed by atoms with Crippen molar-refractivity contribution in [2.45, 2.75) is 17.1 Å². The van der Waals surface area contributed by atoms with Gasteiger partial charge in [0.05, 0.1) is 0 Å². The Kier molecular flexibility index (Phi) is 2.97. The van der Waals surface area contributed by atoms with E-state index in [-0.39, 0.29) is 0 Å². The minimum Gasteiger partial charge on any atom is -0.308 e. The van der Waals surface area contributed by atoms with Gasteiger partial charge < -0.3 is 5.43 Å². The average molecular weight is 238 g/mol. The molecule has 0 spiro atoms. The molecule has 0 saturated carbocycles. The Hall–Kier alpha value is -1.74. The van der Waals surface area contributed by atoms with Crippen molar-refractivity contribution in [2.24, 2.45) is 12.9 Å². The molecule has 2 rings (SSSR count). The van der Waals surface area contributed by atoms with Crippen LogP contribution in [0.4, 0.5) is 5.82 Å². The second kappa shape index (κ2) is 4.41. The van der Waals surface area contributed by atoms with Crippen LogP contribution in [0.1, 0.15) is 5.56 Å². The van der Waals surface area contributed by atoms with Gasteiger partial charge >= 0.3 is 0 Å². The van der Waals surface area contributed by atoms with Crippen LogP contribution in [0, 0.1) is 6.92 Å². The van der Waals surface area contributed by atoms with Gasteiger partial charge in [-0.2, -0.15) is 0 Å². The van der Waals surface area contributed by atoms with Crippen LogP contribution >= 0.6 is 11.8 Å². The maximum Gasteiger partial charge on any atom is 0.215 e. The number of nitrogens with one attached hydrogen (secondary N) is 1. The Balaban J connectivity index is 2.32. The van der Waals surface area contributed by atoms with Crippen LogP contribution in [-0.4, -0.2) is 30.2 Å². The zero-order chi connectivity index (χ0) is 11.5. The molecule has 0 aliphatic rings. The van der Waals surface area contributed by atoms with Crippen molar-refractivity contribution >= 4 is 17.6 Å². The van der Waals surface area contributed by atoms with Crippen molar-refractivity contribution in [2.75, 3.05) is 5.43 Å². The summed E-state index contributed by atoms with van der Waals surface area (Å²) in [7, 11) is 1.76. The topological polar surface area (TPSA) is 107 Å². The van der Waals surface area contributed by atoms with Gasteiger partial charge in [-0.3, -0.25) is 0 Å². The zero-order valence-electron chi connectivity index (χ0n) is 8.75. The summed E-state index contributed by atoms with van der Waals surface area (Å²) in [4.78, 5) is 8.14. The first kappa shape index (κ1) is 10.8. The predicted molar refractivity (Wildman–Crippen MR) is 57.5 cm³/mol. The lowest BCUT2D eigenvalue weighted by Gasteiger charge is -2.06. The number of nitrogens with two attached hydrogens (primary N) is 1. The van der Waals surface area contributed by atoms with Gasteiger partial charge in [0.15, 0.2) is 0 Å². The molecule has 0 radical (unpaired) electrons. The number of hydrogen-bond donors (Lipinski definition) is 2. The van der Waals surface area contributed by atoms with Crippen LogP contribution in [0.2, 0.25) is 0 Å². The van der Waals surface area contributed by atoms with Crippen molar-refractivity contribution in [3.63, 3.8) is 0 Å². The number of nitrogen functional groups attached to an aromatic ring is 1. The Bertz CT molecular complexity index is 495. The van der Waals surface area contributed by atoms with E-state index >= 15 is 0 Å². The Morgan fingerprint density at radius 3 is 2.88 bits per heavy atom. The molecule has 16 heavy (non-hydrogen) atoms.